The first-order valence-corrected chi connectivity index (χ1v) is 8.76. The van der Waals surface area contributed by atoms with Crippen LogP contribution in [0.15, 0.2) is 64.2 Å². The van der Waals surface area contributed by atoms with Gasteiger partial charge in [0.15, 0.2) is 6.04 Å². The van der Waals surface area contributed by atoms with Crippen molar-refractivity contribution in [2.24, 2.45) is 0 Å². The maximum atomic E-state index is 12.4. The number of nitrogens with zero attached hydrogens (tertiary/aromatic N) is 1. The van der Waals surface area contributed by atoms with Gasteiger partial charge < -0.3 is 15.4 Å². The van der Waals surface area contributed by atoms with E-state index in [9.17, 15) is 24.3 Å². The number of aromatic nitrogens is 2. The maximum Gasteiger partial charge on any atom is 0.330 e. The predicted octanol–water partition coefficient (Wildman–Crippen LogP) is 1.41. The van der Waals surface area contributed by atoms with E-state index in [1.807, 2.05) is 0 Å². The minimum absolute atomic E-state index is 0.0185. The van der Waals surface area contributed by atoms with E-state index >= 15 is 0 Å². The normalized spacial score (nSPS) is 11.9. The molecule has 1 atom stereocenters. The molecule has 0 aliphatic carbocycles. The number of nitrogens with one attached hydrogen (secondary N) is 2. The molecule has 144 valence electrons. The van der Waals surface area contributed by atoms with E-state index in [0.29, 0.717) is 16.5 Å². The molecule has 8 nitrogen and oxygen atoms in total. The second kappa shape index (κ2) is 8.34. The van der Waals surface area contributed by atoms with Crippen molar-refractivity contribution < 1.29 is 14.7 Å². The van der Waals surface area contributed by atoms with Gasteiger partial charge in [0.2, 0.25) is 5.91 Å². The monoisotopic (exact) mass is 381 g/mol. The van der Waals surface area contributed by atoms with Crippen molar-refractivity contribution in [3.8, 4) is 0 Å². The van der Waals surface area contributed by atoms with Crippen LogP contribution in [-0.4, -0.2) is 26.5 Å². The Hall–Kier alpha value is -3.68. The van der Waals surface area contributed by atoms with Gasteiger partial charge in [-0.25, -0.2) is 9.59 Å². The zero-order chi connectivity index (χ0) is 20.1. The molecule has 8 heteroatoms. The number of hydrogen-bond donors (Lipinski definition) is 3. The van der Waals surface area contributed by atoms with E-state index in [0.717, 1.165) is 4.57 Å². The minimum Gasteiger partial charge on any atom is -0.479 e. The third kappa shape index (κ3) is 4.17. The van der Waals surface area contributed by atoms with Crippen molar-refractivity contribution in [3.05, 3.63) is 81.0 Å². The SMILES string of the molecule is O=C(CCCn1c(=O)[nH]c2ccccc2c1=O)NC(C(=O)O)c1ccccc1. The van der Waals surface area contributed by atoms with E-state index in [4.69, 9.17) is 0 Å². The fraction of sp³-hybridized carbons (Fsp3) is 0.200. The van der Waals surface area contributed by atoms with Gasteiger partial charge in [0.25, 0.3) is 5.56 Å². The van der Waals surface area contributed by atoms with Gasteiger partial charge in [0.05, 0.1) is 10.9 Å². The zero-order valence-corrected chi connectivity index (χ0v) is 14.9. The maximum absolute atomic E-state index is 12.4. The Morgan fingerprint density at radius 3 is 2.43 bits per heavy atom. The molecule has 3 rings (SSSR count). The molecule has 3 aromatic rings. The van der Waals surface area contributed by atoms with Crippen LogP contribution in [-0.2, 0) is 16.1 Å². The fourth-order valence-electron chi connectivity index (χ4n) is 2.97. The molecule has 2 aromatic carbocycles. The molecular formula is C20H19N3O5. The lowest BCUT2D eigenvalue weighted by molar-refractivity contribution is -0.142. The van der Waals surface area contributed by atoms with Gasteiger partial charge in [-0.05, 0) is 24.1 Å². The third-order valence-corrected chi connectivity index (χ3v) is 4.36. The van der Waals surface area contributed by atoms with Crippen molar-refractivity contribution in [1.29, 1.82) is 0 Å². The summed E-state index contributed by atoms with van der Waals surface area (Å²) in [6.45, 7) is 0.0511. The standard InChI is InChI=1S/C20H19N3O5/c24-16(22-17(19(26)27)13-7-2-1-3-8-13)11-6-12-23-18(25)14-9-4-5-10-15(14)21-20(23)28/h1-5,7-10,17H,6,11-12H2,(H,21,28)(H,22,24)(H,26,27). The molecule has 1 unspecified atom stereocenters. The third-order valence-electron chi connectivity index (χ3n) is 4.36. The molecule has 28 heavy (non-hydrogen) atoms. The molecule has 0 saturated carbocycles. The summed E-state index contributed by atoms with van der Waals surface area (Å²) in [5.41, 5.74) is -0.0477. The number of carboxylic acids is 1. The average molecular weight is 381 g/mol. The number of fused-ring (bicyclic) bond motifs is 1. The van der Waals surface area contributed by atoms with Gasteiger partial charge in [-0.1, -0.05) is 42.5 Å². The van der Waals surface area contributed by atoms with Gasteiger partial charge >= 0.3 is 11.7 Å². The summed E-state index contributed by atoms with van der Waals surface area (Å²) >= 11 is 0. The first-order valence-electron chi connectivity index (χ1n) is 8.76. The lowest BCUT2D eigenvalue weighted by Gasteiger charge is -2.15. The fourth-order valence-corrected chi connectivity index (χ4v) is 2.97. The summed E-state index contributed by atoms with van der Waals surface area (Å²) in [4.78, 5) is 50.8. The first kappa shape index (κ1) is 19.1. The number of benzene rings is 2. The van der Waals surface area contributed by atoms with Crippen LogP contribution in [0.3, 0.4) is 0 Å². The predicted molar refractivity (Wildman–Crippen MR) is 103 cm³/mol. The zero-order valence-electron chi connectivity index (χ0n) is 14.9. The molecule has 0 saturated heterocycles. The van der Waals surface area contributed by atoms with E-state index in [2.05, 4.69) is 10.3 Å². The second-order valence-electron chi connectivity index (χ2n) is 6.29. The quantitative estimate of drug-likeness (QED) is 0.571. The van der Waals surface area contributed by atoms with Crippen LogP contribution in [0.1, 0.15) is 24.4 Å². The van der Waals surface area contributed by atoms with Gasteiger partial charge in [-0.3, -0.25) is 14.2 Å². The summed E-state index contributed by atoms with van der Waals surface area (Å²) in [5.74, 6) is -1.64. The number of carboxylic acid groups (broad SMARTS) is 1. The van der Waals surface area contributed by atoms with E-state index in [1.54, 1.807) is 54.6 Å². The Kier molecular flexibility index (Phi) is 5.69. The van der Waals surface area contributed by atoms with E-state index in [-0.39, 0.29) is 19.4 Å². The smallest absolute Gasteiger partial charge is 0.330 e. The second-order valence-corrected chi connectivity index (χ2v) is 6.29. The summed E-state index contributed by atoms with van der Waals surface area (Å²) in [6, 6.07) is 13.9. The number of para-hydroxylation sites is 1. The van der Waals surface area contributed by atoms with Crippen LogP contribution < -0.4 is 16.6 Å². The van der Waals surface area contributed by atoms with Crippen LogP contribution in [0, 0.1) is 0 Å². The highest BCUT2D eigenvalue weighted by molar-refractivity contribution is 5.84. The van der Waals surface area contributed by atoms with Crippen LogP contribution in [0.25, 0.3) is 10.9 Å². The molecule has 0 bridgehead atoms. The van der Waals surface area contributed by atoms with Gasteiger partial charge in [0, 0.05) is 13.0 Å². The number of rotatable bonds is 7. The first-order chi connectivity index (χ1) is 13.5. The van der Waals surface area contributed by atoms with Gasteiger partial charge in [-0.2, -0.15) is 0 Å². The van der Waals surface area contributed by atoms with Crippen LogP contribution in [0.4, 0.5) is 0 Å². The number of aromatic amines is 1. The van der Waals surface area contributed by atoms with Gasteiger partial charge in [-0.15, -0.1) is 0 Å². The molecule has 0 fully saturated rings. The highest BCUT2D eigenvalue weighted by Crippen LogP contribution is 2.13. The Balaban J connectivity index is 1.66. The number of H-pyrrole nitrogens is 1. The molecule has 1 heterocycles. The average Bonchev–Trinajstić information content (AvgIpc) is 2.69. The molecule has 0 aliphatic rings. The molecule has 1 aromatic heterocycles. The Labute approximate surface area is 159 Å². The molecule has 1 amide bonds. The summed E-state index contributed by atoms with van der Waals surface area (Å²) in [7, 11) is 0. The van der Waals surface area contributed by atoms with Crippen LogP contribution in [0.5, 0.6) is 0 Å². The number of amides is 1. The van der Waals surface area contributed by atoms with Crippen molar-refractivity contribution >= 4 is 22.8 Å². The Morgan fingerprint density at radius 2 is 1.71 bits per heavy atom. The van der Waals surface area contributed by atoms with E-state index in [1.165, 1.54) is 0 Å². The summed E-state index contributed by atoms with van der Waals surface area (Å²) < 4.78 is 1.04. The van der Waals surface area contributed by atoms with Crippen molar-refractivity contribution in [1.82, 2.24) is 14.9 Å². The lowest BCUT2D eigenvalue weighted by Crippen LogP contribution is -2.36. The highest BCUT2D eigenvalue weighted by Gasteiger charge is 2.21. The largest absolute Gasteiger partial charge is 0.479 e. The van der Waals surface area contributed by atoms with Crippen molar-refractivity contribution in [3.63, 3.8) is 0 Å². The molecule has 0 aliphatic heterocycles. The summed E-state index contributed by atoms with van der Waals surface area (Å²) in [5, 5.41) is 12.2. The number of carbonyl (C=O) groups is 2. The minimum atomic E-state index is -1.17. The molecule has 0 spiro atoms. The van der Waals surface area contributed by atoms with Crippen molar-refractivity contribution in [2.45, 2.75) is 25.4 Å². The van der Waals surface area contributed by atoms with Crippen molar-refractivity contribution in [2.75, 3.05) is 0 Å². The van der Waals surface area contributed by atoms with E-state index < -0.39 is 29.2 Å². The van der Waals surface area contributed by atoms with Crippen LogP contribution >= 0.6 is 0 Å². The Bertz CT molecular complexity index is 1120. The molecular weight excluding hydrogens is 362 g/mol. The number of hydrogen-bond acceptors (Lipinski definition) is 4. The molecule has 0 radical (unpaired) electrons. The number of aliphatic carboxylic acids is 1. The van der Waals surface area contributed by atoms with Crippen LogP contribution in [0.2, 0.25) is 0 Å². The molecule has 3 N–H and O–H groups in total. The number of carbonyl (C=O) groups excluding carboxylic acids is 1. The highest BCUT2D eigenvalue weighted by atomic mass is 16.4. The Morgan fingerprint density at radius 1 is 1.04 bits per heavy atom. The lowest BCUT2D eigenvalue weighted by atomic mass is 10.1. The summed E-state index contributed by atoms with van der Waals surface area (Å²) in [6.07, 6.45) is 0.198. The topological polar surface area (TPSA) is 121 Å². The van der Waals surface area contributed by atoms with Gasteiger partial charge in [0.1, 0.15) is 0 Å².